The molecule has 0 aromatic heterocycles. The Kier molecular flexibility index (Phi) is 9.41. The van der Waals surface area contributed by atoms with Gasteiger partial charge < -0.3 is 33.2 Å². The average Bonchev–Trinajstić information content (AvgIpc) is 3.62. The van der Waals surface area contributed by atoms with Gasteiger partial charge in [0.1, 0.15) is 29.8 Å². The molecule has 5 heterocycles. The lowest BCUT2D eigenvalue weighted by molar-refractivity contribution is -0.335. The van der Waals surface area contributed by atoms with Crippen LogP contribution < -0.4 is 0 Å². The summed E-state index contributed by atoms with van der Waals surface area (Å²) in [5, 5.41) is 12.9. The lowest BCUT2D eigenvalue weighted by atomic mass is 9.67. The Bertz CT molecular complexity index is 1300. The minimum Gasteiger partial charge on any atom is -0.462 e. The third-order valence-electron chi connectivity index (χ3n) is 12.5. The van der Waals surface area contributed by atoms with Crippen molar-refractivity contribution in [3.8, 4) is 0 Å². The number of carbonyl (C=O) groups is 1. The lowest BCUT2D eigenvalue weighted by Crippen LogP contribution is -2.65. The predicted octanol–water partition coefficient (Wildman–Crippen LogP) is 7.17. The Balaban J connectivity index is 1.38. The standard InChI is InChI=1S/C38H60O8Si/c1-11-30-25(4)16-17-36(44-30)21-28-20-27(43-36)14-12-23(2)18-24(3)13-15-31-37(45-31)22-41-33-32(46-47(9,10)35(6,7)8)26(5)19-29(34(39)42-28)38(33,37)40/h12-13,15,19,24-25,27-33,40H,11,14,16-18,20-22H2,1-10H3/b15-13-,23-12+/t24-,25-,27+,28-,29-,30+,31-,32+,33+,36+,37+,38+/m0/s1. The highest BCUT2D eigenvalue weighted by atomic mass is 28.4. The molecular weight excluding hydrogens is 612 g/mol. The number of epoxide rings is 1. The van der Waals surface area contributed by atoms with Gasteiger partial charge in [0.15, 0.2) is 19.7 Å². The third-order valence-corrected chi connectivity index (χ3v) is 17.0. The molecule has 8 nitrogen and oxygen atoms in total. The predicted molar refractivity (Wildman–Crippen MR) is 183 cm³/mol. The van der Waals surface area contributed by atoms with Crippen LogP contribution in [0.15, 0.2) is 35.5 Å². The van der Waals surface area contributed by atoms with E-state index in [0.717, 1.165) is 37.7 Å². The van der Waals surface area contributed by atoms with Gasteiger partial charge >= 0.3 is 5.97 Å². The molecule has 6 rings (SSSR count). The molecule has 9 heteroatoms. The van der Waals surface area contributed by atoms with E-state index in [-0.39, 0.29) is 35.9 Å². The SMILES string of the molecule is CC[C@H]1O[C@]2(CC[C@@H]1C)C[C@@H]1C[C@@H](C/C=C(\C)C[C@@H](C)/C=C\[C@@H]3O[C@]34CO[C@@H]3[C@H](O[Si](C)(C)C(C)(C)C)C(C)=C[C@@H](C(=O)O1)[C@@]34O)O2. The molecule has 47 heavy (non-hydrogen) atoms. The number of aliphatic hydroxyl groups is 1. The zero-order valence-corrected chi connectivity index (χ0v) is 31.5. The van der Waals surface area contributed by atoms with E-state index in [0.29, 0.717) is 18.8 Å². The Hall–Kier alpha value is -1.33. The summed E-state index contributed by atoms with van der Waals surface area (Å²) in [7, 11) is -2.27. The summed E-state index contributed by atoms with van der Waals surface area (Å²) in [5.41, 5.74) is -0.531. The van der Waals surface area contributed by atoms with Gasteiger partial charge in [-0.25, -0.2) is 0 Å². The van der Waals surface area contributed by atoms with Crippen LogP contribution in [0, 0.1) is 17.8 Å². The fourth-order valence-corrected chi connectivity index (χ4v) is 9.88. The molecule has 0 aromatic carbocycles. The van der Waals surface area contributed by atoms with Crippen molar-refractivity contribution >= 4 is 14.3 Å². The van der Waals surface area contributed by atoms with Crippen LogP contribution in [-0.4, -0.2) is 79.6 Å². The minimum absolute atomic E-state index is 0.0438. The summed E-state index contributed by atoms with van der Waals surface area (Å²) in [6.07, 6.45) is 11.7. The molecule has 4 fully saturated rings. The zero-order valence-electron chi connectivity index (χ0n) is 30.5. The van der Waals surface area contributed by atoms with E-state index < -0.39 is 55.5 Å². The first-order valence-corrected chi connectivity index (χ1v) is 21.1. The van der Waals surface area contributed by atoms with Crippen LogP contribution in [0.2, 0.25) is 18.1 Å². The second-order valence-corrected chi connectivity index (χ2v) is 22.0. The number of carbonyl (C=O) groups excluding carboxylic acids is 1. The molecule has 6 aliphatic rings. The third kappa shape index (κ3) is 6.29. The van der Waals surface area contributed by atoms with Crippen molar-refractivity contribution in [2.75, 3.05) is 6.61 Å². The van der Waals surface area contributed by atoms with Gasteiger partial charge in [0.2, 0.25) is 0 Å². The van der Waals surface area contributed by atoms with Crippen LogP contribution in [0.4, 0.5) is 0 Å². The summed E-state index contributed by atoms with van der Waals surface area (Å²) >= 11 is 0. The number of hydrogen-bond acceptors (Lipinski definition) is 8. The highest BCUT2D eigenvalue weighted by Gasteiger charge is 2.80. The summed E-state index contributed by atoms with van der Waals surface area (Å²) in [5.74, 6) is -1.47. The van der Waals surface area contributed by atoms with Crippen molar-refractivity contribution in [3.05, 3.63) is 35.5 Å². The van der Waals surface area contributed by atoms with Crippen LogP contribution in [0.25, 0.3) is 0 Å². The van der Waals surface area contributed by atoms with Crippen LogP contribution in [0.1, 0.15) is 100 Å². The summed E-state index contributed by atoms with van der Waals surface area (Å²) in [4.78, 5) is 14.5. The molecule has 1 aliphatic carbocycles. The number of esters is 1. The Morgan fingerprint density at radius 2 is 1.83 bits per heavy atom. The van der Waals surface area contributed by atoms with E-state index in [1.54, 1.807) is 0 Å². The fourth-order valence-electron chi connectivity index (χ4n) is 8.59. The average molecular weight is 673 g/mol. The van der Waals surface area contributed by atoms with Gasteiger partial charge in [0, 0.05) is 19.3 Å². The van der Waals surface area contributed by atoms with E-state index in [1.165, 1.54) is 5.57 Å². The molecule has 0 amide bonds. The molecule has 264 valence electrons. The number of hydrogen-bond donors (Lipinski definition) is 1. The topological polar surface area (TPSA) is 96.0 Å². The van der Waals surface area contributed by atoms with Gasteiger partial charge in [-0.05, 0) is 75.1 Å². The smallest absolute Gasteiger partial charge is 0.316 e. The summed E-state index contributed by atoms with van der Waals surface area (Å²) < 4.78 is 39.9. The van der Waals surface area contributed by atoms with E-state index in [9.17, 15) is 9.90 Å². The highest BCUT2D eigenvalue weighted by Crippen LogP contribution is 2.60. The maximum absolute atomic E-state index is 14.5. The summed E-state index contributed by atoms with van der Waals surface area (Å²) in [6.45, 7) is 22.0. The second-order valence-electron chi connectivity index (χ2n) is 17.3. The van der Waals surface area contributed by atoms with Crippen LogP contribution in [0.5, 0.6) is 0 Å². The fraction of sp³-hybridized carbons (Fsp3) is 0.816. The second kappa shape index (κ2) is 12.5. The van der Waals surface area contributed by atoms with E-state index in [1.807, 2.05) is 13.0 Å². The van der Waals surface area contributed by atoms with E-state index >= 15 is 0 Å². The van der Waals surface area contributed by atoms with Crippen LogP contribution >= 0.6 is 0 Å². The Labute approximate surface area is 283 Å². The molecule has 2 bridgehead atoms. The quantitative estimate of drug-likeness (QED) is 0.146. The molecule has 4 saturated heterocycles. The molecular formula is C38H60O8Si. The molecule has 2 spiro atoms. The van der Waals surface area contributed by atoms with Gasteiger partial charge in [-0.2, -0.15) is 0 Å². The highest BCUT2D eigenvalue weighted by molar-refractivity contribution is 6.74. The monoisotopic (exact) mass is 672 g/mol. The summed E-state index contributed by atoms with van der Waals surface area (Å²) in [6, 6.07) is 0. The molecule has 0 aromatic rings. The van der Waals surface area contributed by atoms with Crippen molar-refractivity contribution in [2.45, 2.75) is 172 Å². The molecule has 12 atom stereocenters. The van der Waals surface area contributed by atoms with E-state index in [4.69, 9.17) is 28.1 Å². The number of allylic oxidation sites excluding steroid dienone is 2. The molecule has 0 saturated carbocycles. The Morgan fingerprint density at radius 3 is 2.53 bits per heavy atom. The van der Waals surface area contributed by atoms with Crippen molar-refractivity contribution < 1.29 is 38.0 Å². The minimum atomic E-state index is -2.27. The molecule has 1 N–H and O–H groups in total. The van der Waals surface area contributed by atoms with Crippen LogP contribution in [0.3, 0.4) is 0 Å². The van der Waals surface area contributed by atoms with Crippen molar-refractivity contribution in [3.63, 3.8) is 0 Å². The van der Waals surface area contributed by atoms with Gasteiger partial charge in [-0.1, -0.05) is 71.4 Å². The number of fused-ring (bicyclic) bond motifs is 2. The number of ether oxygens (including phenoxy) is 5. The van der Waals surface area contributed by atoms with Crippen molar-refractivity contribution in [2.24, 2.45) is 17.8 Å². The number of rotatable bonds is 3. The normalized spacial score (nSPS) is 47.6. The van der Waals surface area contributed by atoms with Crippen molar-refractivity contribution in [1.82, 2.24) is 0 Å². The van der Waals surface area contributed by atoms with Gasteiger partial charge in [-0.3, -0.25) is 4.79 Å². The molecule has 0 radical (unpaired) electrons. The first kappa shape index (κ1) is 35.5. The Morgan fingerprint density at radius 1 is 1.09 bits per heavy atom. The molecule has 0 unspecified atom stereocenters. The molecule has 5 aliphatic heterocycles. The lowest BCUT2D eigenvalue weighted by Gasteiger charge is -2.50. The van der Waals surface area contributed by atoms with Crippen LogP contribution in [-0.2, 0) is 32.9 Å². The van der Waals surface area contributed by atoms with E-state index in [2.05, 4.69) is 79.8 Å². The van der Waals surface area contributed by atoms with Gasteiger partial charge in [0.25, 0.3) is 0 Å². The maximum atomic E-state index is 14.5. The van der Waals surface area contributed by atoms with Gasteiger partial charge in [-0.15, -0.1) is 0 Å². The largest absolute Gasteiger partial charge is 0.462 e. The zero-order chi connectivity index (χ0) is 34.2. The maximum Gasteiger partial charge on any atom is 0.316 e. The first-order valence-electron chi connectivity index (χ1n) is 18.2. The van der Waals surface area contributed by atoms with Gasteiger partial charge in [0.05, 0.1) is 24.9 Å². The van der Waals surface area contributed by atoms with Crippen molar-refractivity contribution in [1.29, 1.82) is 0 Å². The first-order chi connectivity index (χ1) is 21.9.